The van der Waals surface area contributed by atoms with Crippen LogP contribution in [0.3, 0.4) is 0 Å². The number of methoxy groups -OCH3 is 2. The quantitative estimate of drug-likeness (QED) is 0.754. The minimum Gasteiger partial charge on any atom is -0.497 e. The Labute approximate surface area is 159 Å². The molecule has 2 aromatic carbocycles. The number of amides is 1. The molecule has 0 spiro atoms. The van der Waals surface area contributed by atoms with Crippen molar-refractivity contribution in [1.29, 1.82) is 0 Å². The summed E-state index contributed by atoms with van der Waals surface area (Å²) in [4.78, 5) is 24.2. The van der Waals surface area contributed by atoms with Crippen LogP contribution in [-0.2, 0) is 9.53 Å². The molecule has 0 unspecified atom stereocenters. The van der Waals surface area contributed by atoms with Gasteiger partial charge in [0.15, 0.2) is 18.1 Å². The maximum Gasteiger partial charge on any atom is 0.338 e. The van der Waals surface area contributed by atoms with Gasteiger partial charge < -0.3 is 29.0 Å². The standard InChI is InChI=1S/C18H16ClNO7/c1-23-12-5-11(6-13(7-12)24-2)20-16(21)8-25-18(22)10-3-14(19)17-15(4-10)26-9-27-17/h3-7H,8-9H2,1-2H3,(H,20,21). The topological polar surface area (TPSA) is 92.3 Å². The molecule has 1 aliphatic rings. The van der Waals surface area contributed by atoms with Crippen molar-refractivity contribution in [3.63, 3.8) is 0 Å². The summed E-state index contributed by atoms with van der Waals surface area (Å²) in [6.45, 7) is -0.454. The Morgan fingerprint density at radius 1 is 1.07 bits per heavy atom. The number of carbonyl (C=O) groups excluding carboxylic acids is 2. The number of benzene rings is 2. The van der Waals surface area contributed by atoms with E-state index in [0.717, 1.165) is 0 Å². The molecule has 1 aliphatic heterocycles. The lowest BCUT2D eigenvalue weighted by molar-refractivity contribution is -0.119. The highest BCUT2D eigenvalue weighted by Gasteiger charge is 2.21. The van der Waals surface area contributed by atoms with E-state index in [1.165, 1.54) is 26.4 Å². The third-order valence-corrected chi connectivity index (χ3v) is 3.91. The highest BCUT2D eigenvalue weighted by atomic mass is 35.5. The van der Waals surface area contributed by atoms with E-state index in [0.29, 0.717) is 28.7 Å². The molecule has 0 saturated carbocycles. The number of rotatable bonds is 6. The molecule has 2 aromatic rings. The van der Waals surface area contributed by atoms with Crippen molar-refractivity contribution in [2.45, 2.75) is 0 Å². The van der Waals surface area contributed by atoms with Crippen LogP contribution >= 0.6 is 11.6 Å². The molecule has 142 valence electrons. The van der Waals surface area contributed by atoms with Crippen LogP contribution < -0.4 is 24.3 Å². The van der Waals surface area contributed by atoms with Crippen LogP contribution in [0.2, 0.25) is 5.02 Å². The third kappa shape index (κ3) is 4.35. The molecule has 0 aromatic heterocycles. The van der Waals surface area contributed by atoms with Crippen molar-refractivity contribution in [2.24, 2.45) is 0 Å². The minimum atomic E-state index is -0.714. The molecule has 8 nitrogen and oxygen atoms in total. The number of halogens is 1. The van der Waals surface area contributed by atoms with Gasteiger partial charge >= 0.3 is 5.97 Å². The molecule has 0 saturated heterocycles. The zero-order chi connectivity index (χ0) is 19.4. The first kappa shape index (κ1) is 18.7. The third-order valence-electron chi connectivity index (χ3n) is 3.63. The van der Waals surface area contributed by atoms with E-state index in [2.05, 4.69) is 5.32 Å². The molecule has 1 heterocycles. The number of hydrogen-bond donors (Lipinski definition) is 1. The average molecular weight is 394 g/mol. The summed E-state index contributed by atoms with van der Waals surface area (Å²) in [5, 5.41) is 2.83. The minimum absolute atomic E-state index is 0.0277. The van der Waals surface area contributed by atoms with E-state index >= 15 is 0 Å². The van der Waals surface area contributed by atoms with Gasteiger partial charge in [-0.25, -0.2) is 4.79 Å². The molecule has 3 rings (SSSR count). The summed E-state index contributed by atoms with van der Waals surface area (Å²) < 4.78 is 25.7. The van der Waals surface area contributed by atoms with Crippen molar-refractivity contribution < 1.29 is 33.3 Å². The average Bonchev–Trinajstić information content (AvgIpc) is 3.15. The molecule has 0 aliphatic carbocycles. The van der Waals surface area contributed by atoms with E-state index in [1.54, 1.807) is 18.2 Å². The zero-order valence-electron chi connectivity index (χ0n) is 14.5. The maximum absolute atomic E-state index is 12.2. The van der Waals surface area contributed by atoms with Crippen molar-refractivity contribution in [3.8, 4) is 23.0 Å². The summed E-state index contributed by atoms with van der Waals surface area (Å²) in [6, 6.07) is 7.72. The fourth-order valence-electron chi connectivity index (χ4n) is 2.38. The SMILES string of the molecule is COc1cc(NC(=O)COC(=O)c2cc(Cl)c3c(c2)OCO3)cc(OC)c1. The molecule has 0 atom stereocenters. The fourth-order valence-corrected chi connectivity index (χ4v) is 2.64. The molecule has 27 heavy (non-hydrogen) atoms. The van der Waals surface area contributed by atoms with E-state index in [9.17, 15) is 9.59 Å². The predicted molar refractivity (Wildman–Crippen MR) is 96.0 cm³/mol. The van der Waals surface area contributed by atoms with Gasteiger partial charge in [0, 0.05) is 23.9 Å². The molecule has 9 heteroatoms. The molecular formula is C18H16ClNO7. The fraction of sp³-hybridized carbons (Fsp3) is 0.222. The summed E-state index contributed by atoms with van der Waals surface area (Å²) in [7, 11) is 3.00. The van der Waals surface area contributed by atoms with Crippen LogP contribution in [0.1, 0.15) is 10.4 Å². The van der Waals surface area contributed by atoms with Gasteiger partial charge in [-0.2, -0.15) is 0 Å². The molecular weight excluding hydrogens is 378 g/mol. The number of hydrogen-bond acceptors (Lipinski definition) is 7. The second-order valence-electron chi connectivity index (χ2n) is 5.42. The van der Waals surface area contributed by atoms with Crippen LogP contribution in [0.25, 0.3) is 0 Å². The van der Waals surface area contributed by atoms with Crippen LogP contribution in [0.5, 0.6) is 23.0 Å². The summed E-state index contributed by atoms with van der Waals surface area (Å²) in [5.41, 5.74) is 0.596. The Morgan fingerprint density at radius 3 is 2.44 bits per heavy atom. The highest BCUT2D eigenvalue weighted by molar-refractivity contribution is 6.32. The van der Waals surface area contributed by atoms with Gasteiger partial charge in [0.1, 0.15) is 11.5 Å². The zero-order valence-corrected chi connectivity index (χ0v) is 15.3. The summed E-state index contributed by atoms with van der Waals surface area (Å²) in [6.07, 6.45) is 0. The van der Waals surface area contributed by atoms with Crippen LogP contribution in [0.15, 0.2) is 30.3 Å². The van der Waals surface area contributed by atoms with Gasteiger partial charge in [-0.15, -0.1) is 0 Å². The van der Waals surface area contributed by atoms with Gasteiger partial charge in [0.2, 0.25) is 6.79 Å². The first-order valence-electron chi connectivity index (χ1n) is 7.79. The lowest BCUT2D eigenvalue weighted by Gasteiger charge is -2.10. The van der Waals surface area contributed by atoms with Crippen LogP contribution in [-0.4, -0.2) is 39.5 Å². The second-order valence-corrected chi connectivity index (χ2v) is 5.82. The Balaban J connectivity index is 1.61. The Hall–Kier alpha value is -3.13. The lowest BCUT2D eigenvalue weighted by Crippen LogP contribution is -2.21. The Bertz CT molecular complexity index is 862. The van der Waals surface area contributed by atoms with Gasteiger partial charge in [-0.1, -0.05) is 11.6 Å². The van der Waals surface area contributed by atoms with Gasteiger partial charge in [0.05, 0.1) is 24.8 Å². The van der Waals surface area contributed by atoms with E-state index < -0.39 is 18.5 Å². The number of nitrogens with one attached hydrogen (secondary N) is 1. The number of ether oxygens (including phenoxy) is 5. The molecule has 1 N–H and O–H groups in total. The molecule has 1 amide bonds. The molecule has 0 bridgehead atoms. The number of esters is 1. The van der Waals surface area contributed by atoms with Gasteiger partial charge in [-0.05, 0) is 12.1 Å². The monoisotopic (exact) mass is 393 g/mol. The van der Waals surface area contributed by atoms with E-state index in [-0.39, 0.29) is 17.4 Å². The Kier molecular flexibility index (Phi) is 5.56. The van der Waals surface area contributed by atoms with Gasteiger partial charge in [0.25, 0.3) is 5.91 Å². The predicted octanol–water partition coefficient (Wildman–Crippen LogP) is 2.88. The van der Waals surface area contributed by atoms with Crippen LogP contribution in [0, 0.1) is 0 Å². The van der Waals surface area contributed by atoms with Gasteiger partial charge in [-0.3, -0.25) is 4.79 Å². The van der Waals surface area contributed by atoms with Crippen molar-refractivity contribution >= 4 is 29.2 Å². The van der Waals surface area contributed by atoms with Crippen molar-refractivity contribution in [2.75, 3.05) is 32.9 Å². The summed E-state index contributed by atoms with van der Waals surface area (Å²) >= 11 is 6.03. The van der Waals surface area contributed by atoms with Crippen molar-refractivity contribution in [3.05, 3.63) is 40.9 Å². The number of carbonyl (C=O) groups is 2. The summed E-state index contributed by atoms with van der Waals surface area (Å²) in [5.74, 6) is 0.507. The first-order valence-corrected chi connectivity index (χ1v) is 8.17. The molecule has 0 fully saturated rings. The van der Waals surface area contributed by atoms with E-state index in [4.69, 9.17) is 35.3 Å². The second kappa shape index (κ2) is 8.05. The van der Waals surface area contributed by atoms with E-state index in [1.807, 2.05) is 0 Å². The normalized spacial score (nSPS) is 11.7. The lowest BCUT2D eigenvalue weighted by atomic mass is 10.2. The number of anilines is 1. The maximum atomic E-state index is 12.2. The van der Waals surface area contributed by atoms with Crippen molar-refractivity contribution in [1.82, 2.24) is 0 Å². The highest BCUT2D eigenvalue weighted by Crippen LogP contribution is 2.39. The first-order chi connectivity index (χ1) is 13.0. The largest absolute Gasteiger partial charge is 0.497 e. The molecule has 0 radical (unpaired) electrons. The smallest absolute Gasteiger partial charge is 0.338 e. The number of fused-ring (bicyclic) bond motifs is 1. The Morgan fingerprint density at radius 2 is 1.78 bits per heavy atom. The van der Waals surface area contributed by atoms with Crippen LogP contribution in [0.4, 0.5) is 5.69 Å².